The van der Waals surface area contributed by atoms with Crippen molar-refractivity contribution in [2.45, 2.75) is 12.5 Å². The third-order valence-electron chi connectivity index (χ3n) is 4.20. The summed E-state index contributed by atoms with van der Waals surface area (Å²) in [5.74, 6) is 0.978. The van der Waals surface area contributed by atoms with Gasteiger partial charge >= 0.3 is 0 Å². The molecule has 1 unspecified atom stereocenters. The Morgan fingerprint density at radius 3 is 2.70 bits per heavy atom. The highest BCUT2D eigenvalue weighted by Gasteiger charge is 2.30. The van der Waals surface area contributed by atoms with Gasteiger partial charge in [-0.05, 0) is 6.42 Å². The zero-order valence-corrected chi connectivity index (χ0v) is 16.7. The fourth-order valence-corrected chi connectivity index (χ4v) is 2.99. The zero-order valence-electron chi connectivity index (χ0n) is 14.3. The van der Waals surface area contributed by atoms with Gasteiger partial charge in [0, 0.05) is 52.9 Å². The summed E-state index contributed by atoms with van der Waals surface area (Å²) in [5.41, 5.74) is 0. The number of nitrogens with one attached hydrogen (secondary N) is 1. The fraction of sp³-hybridized carbons (Fsp3) is 0.933. The largest absolute Gasteiger partial charge is 0.382 e. The molecule has 0 spiro atoms. The van der Waals surface area contributed by atoms with Crippen LogP contribution < -0.4 is 5.32 Å². The number of likely N-dealkylation sites (tertiary alicyclic amines) is 1. The van der Waals surface area contributed by atoms with Gasteiger partial charge in [-0.15, -0.1) is 24.0 Å². The van der Waals surface area contributed by atoms with Crippen molar-refractivity contribution in [3.63, 3.8) is 0 Å². The first-order valence-corrected chi connectivity index (χ1v) is 8.19. The minimum absolute atomic E-state index is 0. The van der Waals surface area contributed by atoms with Gasteiger partial charge in [0.25, 0.3) is 0 Å². The Morgan fingerprint density at radius 1 is 1.22 bits per heavy atom. The van der Waals surface area contributed by atoms with Crippen LogP contribution in [0.2, 0.25) is 0 Å². The van der Waals surface area contributed by atoms with Crippen molar-refractivity contribution in [2.75, 3.05) is 79.9 Å². The molecule has 1 atom stereocenters. The monoisotopic (exact) mass is 442 g/mol. The quantitative estimate of drug-likeness (QED) is 0.264. The van der Waals surface area contributed by atoms with Crippen LogP contribution in [0.3, 0.4) is 0 Å². The third-order valence-corrected chi connectivity index (χ3v) is 4.20. The van der Waals surface area contributed by atoms with E-state index in [0.29, 0.717) is 25.9 Å². The standard InChI is InChI=1S/C15H30N4O3.HI/c1-16-15(17-4-8-21-12-11-20-2)19-5-3-14(13-19)18-6-9-22-10-7-18;/h14H,3-13H2,1-2H3,(H,16,17);1H. The predicted octanol–water partition coefficient (Wildman–Crippen LogP) is 0.249. The Labute approximate surface area is 156 Å². The van der Waals surface area contributed by atoms with Crippen LogP contribution in [0.1, 0.15) is 6.42 Å². The van der Waals surface area contributed by atoms with E-state index in [0.717, 1.165) is 51.9 Å². The average molecular weight is 442 g/mol. The molecular weight excluding hydrogens is 411 g/mol. The molecule has 0 bridgehead atoms. The van der Waals surface area contributed by atoms with Crippen molar-refractivity contribution in [3.05, 3.63) is 0 Å². The van der Waals surface area contributed by atoms with Crippen molar-refractivity contribution in [1.29, 1.82) is 0 Å². The topological polar surface area (TPSA) is 58.6 Å². The van der Waals surface area contributed by atoms with Gasteiger partial charge in [0.15, 0.2) is 5.96 Å². The van der Waals surface area contributed by atoms with Crippen LogP contribution in [0, 0.1) is 0 Å². The lowest BCUT2D eigenvalue weighted by Crippen LogP contribution is -2.47. The Kier molecular flexibility index (Phi) is 11.1. The maximum absolute atomic E-state index is 5.46. The molecule has 7 nitrogen and oxygen atoms in total. The van der Waals surface area contributed by atoms with E-state index in [1.807, 2.05) is 7.05 Å². The van der Waals surface area contributed by atoms with E-state index < -0.39 is 0 Å². The lowest BCUT2D eigenvalue weighted by atomic mass is 10.2. The molecule has 0 aliphatic carbocycles. The Morgan fingerprint density at radius 2 is 2.00 bits per heavy atom. The summed E-state index contributed by atoms with van der Waals surface area (Å²) in [4.78, 5) is 9.28. The van der Waals surface area contributed by atoms with Gasteiger partial charge in [-0.25, -0.2) is 0 Å². The van der Waals surface area contributed by atoms with Gasteiger partial charge in [-0.1, -0.05) is 0 Å². The third kappa shape index (κ3) is 7.08. The SMILES string of the molecule is CN=C(NCCOCCOC)N1CCC(N2CCOCC2)C1.I. The maximum atomic E-state index is 5.46. The van der Waals surface area contributed by atoms with Crippen LogP contribution in [-0.4, -0.2) is 102 Å². The molecule has 0 amide bonds. The minimum Gasteiger partial charge on any atom is -0.382 e. The smallest absolute Gasteiger partial charge is 0.193 e. The number of guanidine groups is 1. The Balaban J connectivity index is 0.00000264. The molecular formula is C15H31IN4O3. The molecule has 2 aliphatic heterocycles. The van der Waals surface area contributed by atoms with Gasteiger partial charge < -0.3 is 24.4 Å². The molecule has 2 heterocycles. The summed E-state index contributed by atoms with van der Waals surface area (Å²) in [6.07, 6.45) is 1.20. The highest BCUT2D eigenvalue weighted by molar-refractivity contribution is 14.0. The first-order chi connectivity index (χ1) is 10.8. The molecule has 0 saturated carbocycles. The molecule has 23 heavy (non-hydrogen) atoms. The Hall–Kier alpha value is -0.160. The van der Waals surface area contributed by atoms with Crippen LogP contribution in [-0.2, 0) is 14.2 Å². The number of methoxy groups -OCH3 is 1. The summed E-state index contributed by atoms with van der Waals surface area (Å²) in [7, 11) is 3.53. The number of nitrogens with zero attached hydrogens (tertiary/aromatic N) is 3. The summed E-state index contributed by atoms with van der Waals surface area (Å²) in [6.45, 7) is 8.66. The molecule has 0 aromatic carbocycles. The van der Waals surface area contributed by atoms with E-state index in [9.17, 15) is 0 Å². The van der Waals surface area contributed by atoms with E-state index >= 15 is 0 Å². The van der Waals surface area contributed by atoms with E-state index in [-0.39, 0.29) is 24.0 Å². The van der Waals surface area contributed by atoms with Crippen LogP contribution in [0.5, 0.6) is 0 Å². The second-order valence-electron chi connectivity index (χ2n) is 5.62. The molecule has 2 fully saturated rings. The highest BCUT2D eigenvalue weighted by atomic mass is 127. The molecule has 1 N–H and O–H groups in total. The average Bonchev–Trinajstić information content (AvgIpc) is 3.05. The van der Waals surface area contributed by atoms with Gasteiger partial charge in [-0.2, -0.15) is 0 Å². The number of rotatable bonds is 7. The zero-order chi connectivity index (χ0) is 15.6. The van der Waals surface area contributed by atoms with Crippen molar-refractivity contribution in [3.8, 4) is 0 Å². The van der Waals surface area contributed by atoms with Gasteiger partial charge in [-0.3, -0.25) is 9.89 Å². The predicted molar refractivity (Wildman–Crippen MR) is 102 cm³/mol. The molecule has 2 saturated heterocycles. The molecule has 136 valence electrons. The molecule has 0 radical (unpaired) electrons. The number of aliphatic imine (C=N–C) groups is 1. The lowest BCUT2D eigenvalue weighted by Gasteiger charge is -2.32. The van der Waals surface area contributed by atoms with Crippen molar-refractivity contribution in [1.82, 2.24) is 15.1 Å². The molecule has 0 aromatic heterocycles. The van der Waals surface area contributed by atoms with E-state index in [1.54, 1.807) is 7.11 Å². The Bertz CT molecular complexity index is 341. The summed E-state index contributed by atoms with van der Waals surface area (Å²) in [5, 5.41) is 3.38. The highest BCUT2D eigenvalue weighted by Crippen LogP contribution is 2.16. The first kappa shape index (κ1) is 20.9. The van der Waals surface area contributed by atoms with Crippen LogP contribution in [0.15, 0.2) is 4.99 Å². The molecule has 2 rings (SSSR count). The summed E-state index contributed by atoms with van der Waals surface area (Å²) >= 11 is 0. The fourth-order valence-electron chi connectivity index (χ4n) is 2.99. The number of halogens is 1. The van der Waals surface area contributed by atoms with Gasteiger partial charge in [0.1, 0.15) is 0 Å². The van der Waals surface area contributed by atoms with E-state index in [1.165, 1.54) is 6.42 Å². The number of hydrogen-bond acceptors (Lipinski definition) is 5. The molecule has 8 heteroatoms. The number of ether oxygens (including phenoxy) is 3. The number of hydrogen-bond donors (Lipinski definition) is 1. The second kappa shape index (κ2) is 12.2. The van der Waals surface area contributed by atoms with E-state index in [4.69, 9.17) is 14.2 Å². The molecule has 2 aliphatic rings. The van der Waals surface area contributed by atoms with Crippen LogP contribution in [0.25, 0.3) is 0 Å². The van der Waals surface area contributed by atoms with Crippen LogP contribution >= 0.6 is 24.0 Å². The van der Waals surface area contributed by atoms with Gasteiger partial charge in [0.05, 0.1) is 33.0 Å². The summed E-state index contributed by atoms with van der Waals surface area (Å²) in [6, 6.07) is 0.625. The summed E-state index contributed by atoms with van der Waals surface area (Å²) < 4.78 is 15.8. The number of morpholine rings is 1. The molecule has 0 aromatic rings. The lowest BCUT2D eigenvalue weighted by molar-refractivity contribution is 0.0194. The minimum atomic E-state index is 0. The van der Waals surface area contributed by atoms with Crippen molar-refractivity contribution in [2.24, 2.45) is 4.99 Å². The van der Waals surface area contributed by atoms with Crippen molar-refractivity contribution < 1.29 is 14.2 Å². The normalized spacial score (nSPS) is 23.0. The van der Waals surface area contributed by atoms with Gasteiger partial charge in [0.2, 0.25) is 0 Å². The maximum Gasteiger partial charge on any atom is 0.193 e. The van der Waals surface area contributed by atoms with E-state index in [2.05, 4.69) is 20.1 Å². The first-order valence-electron chi connectivity index (χ1n) is 8.19. The second-order valence-corrected chi connectivity index (χ2v) is 5.62. The van der Waals surface area contributed by atoms with Crippen LogP contribution in [0.4, 0.5) is 0 Å². The van der Waals surface area contributed by atoms with Crippen molar-refractivity contribution >= 4 is 29.9 Å².